The maximum absolute atomic E-state index is 14.8. The molecule has 3 saturated heterocycles. The van der Waals surface area contributed by atoms with Crippen LogP contribution in [-0.4, -0.2) is 131 Å². The first-order valence-corrected chi connectivity index (χ1v) is 25.1. The molecule has 18 nitrogen and oxygen atoms in total. The number of aromatic nitrogens is 2. The summed E-state index contributed by atoms with van der Waals surface area (Å²) in [4.78, 5) is 81.6. The molecule has 0 radical (unpaired) electrons. The van der Waals surface area contributed by atoms with Crippen molar-refractivity contribution in [2.24, 2.45) is 23.7 Å². The highest BCUT2D eigenvalue weighted by molar-refractivity contribution is 5.91. The molecule has 0 spiro atoms. The Kier molecular flexibility index (Phi) is 17.2. The van der Waals surface area contributed by atoms with Crippen LogP contribution < -0.4 is 16.0 Å². The van der Waals surface area contributed by atoms with Crippen molar-refractivity contribution in [2.75, 3.05) is 26.0 Å². The number of carbonyl (C=O) groups excluding carboxylic acids is 5. The van der Waals surface area contributed by atoms with Gasteiger partial charge >= 0.3 is 24.2 Å². The normalized spacial score (nSPS) is 32.2. The lowest BCUT2D eigenvalue weighted by molar-refractivity contribution is -0.298. The van der Waals surface area contributed by atoms with Gasteiger partial charge < -0.3 is 49.1 Å². The Morgan fingerprint density at radius 2 is 1.62 bits per heavy atom. The Morgan fingerprint density at radius 1 is 0.918 bits per heavy atom. The van der Waals surface area contributed by atoms with Gasteiger partial charge in [-0.05, 0) is 95.6 Å². The zero-order chi connectivity index (χ0) is 52.8. The van der Waals surface area contributed by atoms with Gasteiger partial charge in [0, 0.05) is 54.0 Å². The zero-order valence-electron chi connectivity index (χ0n) is 43.3. The number of fused-ring (bicyclic) bond motifs is 2. The molecule has 4 heterocycles. The van der Waals surface area contributed by atoms with Crippen molar-refractivity contribution >= 4 is 52.6 Å². The molecule has 392 valence electrons. The number of alkyl carbamates (subject to hydrolysis) is 2. The summed E-state index contributed by atoms with van der Waals surface area (Å²) >= 11 is 0. The van der Waals surface area contributed by atoms with Crippen LogP contribution in [0.2, 0.25) is 0 Å². The molecule has 14 atom stereocenters. The third-order valence-electron chi connectivity index (χ3n) is 14.6. The van der Waals surface area contributed by atoms with E-state index in [0.717, 1.165) is 21.9 Å². The highest BCUT2D eigenvalue weighted by Gasteiger charge is 2.58. The molecule has 4 aromatic rings. The molecule has 0 aliphatic carbocycles. The number of aliphatic hydroxyl groups is 1. The van der Waals surface area contributed by atoms with E-state index in [4.69, 9.17) is 28.4 Å². The Balaban J connectivity index is 1.27. The third kappa shape index (κ3) is 12.5. The van der Waals surface area contributed by atoms with Gasteiger partial charge in [0.25, 0.3) is 0 Å². The van der Waals surface area contributed by atoms with Gasteiger partial charge in [-0.2, -0.15) is 0 Å². The molecular weight excluding hydrogens is 937 g/mol. The molecule has 7 rings (SSSR count). The number of cyclic esters (lactones) is 1. The molecule has 0 unspecified atom stereocenters. The summed E-state index contributed by atoms with van der Waals surface area (Å²) in [5.74, 6) is -4.64. The number of nitrogens with one attached hydrogen (secondary N) is 3. The van der Waals surface area contributed by atoms with E-state index in [-0.39, 0.29) is 25.2 Å². The van der Waals surface area contributed by atoms with Crippen molar-refractivity contribution in [3.63, 3.8) is 0 Å². The number of nitrogens with zero attached hydrogens (tertiary/aromatic N) is 3. The number of hydrogen-bond donors (Lipinski definition) is 4. The number of likely N-dealkylation sites (N-methyl/N-ethyl adjacent to an activating group) is 1. The van der Waals surface area contributed by atoms with Crippen LogP contribution >= 0.6 is 0 Å². The monoisotopic (exact) mass is 1010 g/mol. The van der Waals surface area contributed by atoms with E-state index in [2.05, 4.69) is 25.9 Å². The minimum absolute atomic E-state index is 0.0274. The predicted octanol–water partition coefficient (Wildman–Crippen LogP) is 7.93. The topological polar surface area (TPSA) is 226 Å². The first kappa shape index (κ1) is 54.3. The van der Waals surface area contributed by atoms with E-state index in [0.29, 0.717) is 17.9 Å². The van der Waals surface area contributed by atoms with Crippen LogP contribution in [0.5, 0.6) is 0 Å². The van der Waals surface area contributed by atoms with Crippen LogP contribution in [0.1, 0.15) is 80.2 Å². The van der Waals surface area contributed by atoms with Gasteiger partial charge in [0.15, 0.2) is 17.7 Å². The van der Waals surface area contributed by atoms with Crippen molar-refractivity contribution in [3.05, 3.63) is 96.8 Å². The summed E-state index contributed by atoms with van der Waals surface area (Å²) in [6.45, 7) is 13.5. The van der Waals surface area contributed by atoms with Gasteiger partial charge in [-0.1, -0.05) is 94.4 Å². The minimum Gasteiger partial charge on any atom is -0.458 e. The van der Waals surface area contributed by atoms with Gasteiger partial charge in [-0.25, -0.2) is 24.4 Å². The number of rotatable bonds is 11. The van der Waals surface area contributed by atoms with Crippen LogP contribution in [0.4, 0.5) is 20.1 Å². The maximum Gasteiger partial charge on any atom is 0.411 e. The molecule has 18 heteroatoms. The molecule has 3 aliphatic heterocycles. The van der Waals surface area contributed by atoms with Crippen LogP contribution in [0.15, 0.2) is 91.3 Å². The van der Waals surface area contributed by atoms with Crippen molar-refractivity contribution in [2.45, 2.75) is 135 Å². The fraction of sp³-hybridized carbons (Fsp3) is 0.509. The quantitative estimate of drug-likeness (QED) is 0.0827. The number of esters is 1. The third-order valence-corrected chi connectivity index (χ3v) is 14.6. The second kappa shape index (κ2) is 23.2. The summed E-state index contributed by atoms with van der Waals surface area (Å²) in [5, 5.41) is 22.2. The van der Waals surface area contributed by atoms with Crippen molar-refractivity contribution in [3.8, 4) is 11.4 Å². The number of carbonyl (C=O) groups is 5. The molecule has 0 bridgehead atoms. The Bertz CT molecular complexity index is 2620. The molecule has 0 saturated carbocycles. The average molecular weight is 1010 g/mol. The molecule has 3 fully saturated rings. The fourth-order valence-electron chi connectivity index (χ4n) is 10.7. The standard InChI is InChI=1S/C55H70N6O12/c1-11-42-55(8)46(60-53(67)73-55)33(4)43(62)31(2)30-54(7,72-51(65)58-25-14-16-36-19-21-38(22-20-36)48-56-26-15-27-57-48)47(71-50-44(63)41(61(9)10)28-32(3)68-50)34(5)45(35(6)49(64)69-42)70-52(66)59-40-24-23-37-17-12-13-18-39(37)29-40/h12-24,26-27,29,31-35,41-42,44-47,50,63H,11,25,28,30H2,1-10H3,(H,58,65)(H,59,66)(H,60,67)/t31-,32-,33+,34+,35-,41+,42-,44-,45+,46-,47-,50+,54-,55-/m1/s1. The number of anilines is 1. The van der Waals surface area contributed by atoms with Crippen LogP contribution in [0.25, 0.3) is 28.2 Å². The number of Topliss-reactive ketones (excluding diaryl/α,β-unsaturated/α-hetero) is 1. The van der Waals surface area contributed by atoms with E-state index in [1.54, 1.807) is 85.1 Å². The van der Waals surface area contributed by atoms with Gasteiger partial charge in [-0.15, -0.1) is 0 Å². The number of amides is 3. The second-order valence-corrected chi connectivity index (χ2v) is 20.3. The van der Waals surface area contributed by atoms with E-state index >= 15 is 0 Å². The summed E-state index contributed by atoms with van der Waals surface area (Å²) in [6.07, 6.45) is -1.93. The lowest BCUT2D eigenvalue weighted by atomic mass is 9.73. The SMILES string of the molecule is CC[C@H]1OC(=O)[C@H](C)[C@@H](OC(=O)Nc2ccc3ccccc3c2)[C@H](C)[C@@H](O[C@@H]2O[C@H](C)C[C@H](N(C)C)[C@H]2O)[C@](C)(OC(=O)NCC=Cc2ccc(-c3ncccn3)cc2)C[C@@H](C)C(=O)[C@H](C)[C@H]2NC(=O)O[C@@]21C. The minimum atomic E-state index is -1.80. The Morgan fingerprint density at radius 3 is 2.30 bits per heavy atom. The fourth-order valence-corrected chi connectivity index (χ4v) is 10.7. The maximum atomic E-state index is 14.8. The molecule has 73 heavy (non-hydrogen) atoms. The predicted molar refractivity (Wildman–Crippen MR) is 273 cm³/mol. The van der Waals surface area contributed by atoms with Crippen LogP contribution in [-0.2, 0) is 38.0 Å². The Labute approximate surface area is 426 Å². The zero-order valence-corrected chi connectivity index (χ0v) is 43.3. The van der Waals surface area contributed by atoms with E-state index in [1.807, 2.05) is 86.6 Å². The van der Waals surface area contributed by atoms with Crippen molar-refractivity contribution in [1.82, 2.24) is 25.5 Å². The molecule has 4 N–H and O–H groups in total. The van der Waals surface area contributed by atoms with Crippen molar-refractivity contribution in [1.29, 1.82) is 0 Å². The van der Waals surface area contributed by atoms with Gasteiger partial charge in [0.1, 0.15) is 35.8 Å². The van der Waals surface area contributed by atoms with Crippen LogP contribution in [0, 0.1) is 23.7 Å². The molecule has 3 amide bonds. The van der Waals surface area contributed by atoms with Gasteiger partial charge in [-0.3, -0.25) is 14.9 Å². The number of aliphatic hydroxyl groups excluding tert-OH is 1. The molecule has 1 aromatic heterocycles. The van der Waals surface area contributed by atoms with E-state index in [9.17, 15) is 29.1 Å². The number of benzene rings is 3. The van der Waals surface area contributed by atoms with E-state index in [1.165, 1.54) is 0 Å². The second-order valence-electron chi connectivity index (χ2n) is 20.3. The highest BCUT2D eigenvalue weighted by atomic mass is 16.7. The summed E-state index contributed by atoms with van der Waals surface area (Å²) < 4.78 is 38.2. The average Bonchev–Trinajstić information content (AvgIpc) is 3.68. The smallest absolute Gasteiger partial charge is 0.411 e. The highest BCUT2D eigenvalue weighted by Crippen LogP contribution is 2.42. The summed E-state index contributed by atoms with van der Waals surface area (Å²) in [5.41, 5.74) is -1.19. The summed E-state index contributed by atoms with van der Waals surface area (Å²) in [7, 11) is 3.67. The van der Waals surface area contributed by atoms with Crippen LogP contribution in [0.3, 0.4) is 0 Å². The number of ketones is 1. The lowest BCUT2D eigenvalue weighted by Gasteiger charge is -2.48. The number of ether oxygens (including phenoxy) is 6. The molecular formula is C55H70N6O12. The summed E-state index contributed by atoms with van der Waals surface area (Å²) in [6, 6.07) is 21.0. The largest absolute Gasteiger partial charge is 0.458 e. The molecule has 3 aliphatic rings. The number of hydrogen-bond acceptors (Lipinski definition) is 15. The van der Waals surface area contributed by atoms with Gasteiger partial charge in [0.05, 0.1) is 18.1 Å². The molecule has 3 aromatic carbocycles. The Hall–Kier alpha value is -6.47. The first-order chi connectivity index (χ1) is 34.7. The lowest BCUT2D eigenvalue weighted by Crippen LogP contribution is -2.61. The van der Waals surface area contributed by atoms with Crippen molar-refractivity contribution < 1.29 is 57.5 Å². The van der Waals surface area contributed by atoms with Gasteiger partial charge in [0.2, 0.25) is 0 Å². The first-order valence-electron chi connectivity index (χ1n) is 25.1. The van der Waals surface area contributed by atoms with E-state index < -0.39 is 108 Å².